The highest BCUT2D eigenvalue weighted by atomic mass is 16.3. The van der Waals surface area contributed by atoms with Crippen molar-refractivity contribution in [3.63, 3.8) is 0 Å². The molecule has 0 saturated heterocycles. The highest BCUT2D eigenvalue weighted by Crippen LogP contribution is 2.24. The van der Waals surface area contributed by atoms with Crippen LogP contribution in [-0.4, -0.2) is 36.6 Å². The fourth-order valence-electron chi connectivity index (χ4n) is 3.28. The number of nitrogens with one attached hydrogen (secondary N) is 1. The fraction of sp³-hybridized carbons (Fsp3) is 0.211. The summed E-state index contributed by atoms with van der Waals surface area (Å²) in [7, 11) is 0. The molecule has 0 amide bonds. The van der Waals surface area contributed by atoms with Gasteiger partial charge < -0.3 is 15.2 Å². The van der Waals surface area contributed by atoms with Gasteiger partial charge >= 0.3 is 0 Å². The van der Waals surface area contributed by atoms with E-state index in [-0.39, 0.29) is 17.1 Å². The number of aromatic hydroxyl groups is 2. The number of hydrogen-bond donors (Lipinski definition) is 3. The van der Waals surface area contributed by atoms with Crippen LogP contribution in [0.4, 0.5) is 0 Å². The first-order chi connectivity index (χ1) is 12.6. The molecule has 3 heterocycles. The summed E-state index contributed by atoms with van der Waals surface area (Å²) in [6, 6.07) is 8.17. The van der Waals surface area contributed by atoms with Gasteiger partial charge in [0.2, 0.25) is 0 Å². The van der Waals surface area contributed by atoms with E-state index in [1.165, 1.54) is 6.07 Å². The van der Waals surface area contributed by atoms with Crippen molar-refractivity contribution in [3.05, 3.63) is 69.9 Å². The molecule has 0 aliphatic carbocycles. The Bertz CT molecular complexity index is 981. The van der Waals surface area contributed by atoms with Crippen LogP contribution in [0.15, 0.2) is 47.5 Å². The molecule has 0 bridgehead atoms. The van der Waals surface area contributed by atoms with Crippen LogP contribution < -0.4 is 5.56 Å². The van der Waals surface area contributed by atoms with Gasteiger partial charge in [-0.15, -0.1) is 0 Å². The molecule has 0 radical (unpaired) electrons. The molecule has 3 aromatic rings. The maximum atomic E-state index is 12.4. The quantitative estimate of drug-likeness (QED) is 0.666. The number of fused-ring (bicyclic) bond motifs is 1. The zero-order valence-electron chi connectivity index (χ0n) is 14.0. The van der Waals surface area contributed by atoms with E-state index in [0.29, 0.717) is 31.9 Å². The van der Waals surface area contributed by atoms with E-state index in [4.69, 9.17) is 0 Å². The van der Waals surface area contributed by atoms with Crippen LogP contribution in [0, 0.1) is 0 Å². The maximum Gasteiger partial charge on any atom is 0.254 e. The molecule has 132 valence electrons. The van der Waals surface area contributed by atoms with E-state index < -0.39 is 0 Å². The average molecular weight is 350 g/mol. The first-order valence-corrected chi connectivity index (χ1v) is 8.35. The average Bonchev–Trinajstić information content (AvgIpc) is 2.61. The zero-order chi connectivity index (χ0) is 18.1. The minimum Gasteiger partial charge on any atom is -0.508 e. The summed E-state index contributed by atoms with van der Waals surface area (Å²) < 4.78 is 0. The first-order valence-electron chi connectivity index (χ1n) is 8.35. The van der Waals surface area contributed by atoms with Crippen molar-refractivity contribution in [2.75, 3.05) is 6.54 Å². The third-order valence-electron chi connectivity index (χ3n) is 4.47. The van der Waals surface area contributed by atoms with Crippen molar-refractivity contribution in [2.45, 2.75) is 19.5 Å². The summed E-state index contributed by atoms with van der Waals surface area (Å²) in [6.07, 6.45) is 3.93. The Morgan fingerprint density at radius 1 is 1.12 bits per heavy atom. The Morgan fingerprint density at radius 3 is 2.58 bits per heavy atom. The molecule has 3 N–H and O–H groups in total. The number of aromatic nitrogens is 3. The van der Waals surface area contributed by atoms with Crippen molar-refractivity contribution in [1.82, 2.24) is 19.9 Å². The van der Waals surface area contributed by atoms with Crippen LogP contribution in [0.2, 0.25) is 0 Å². The summed E-state index contributed by atoms with van der Waals surface area (Å²) in [5.74, 6) is 0.604. The van der Waals surface area contributed by atoms with E-state index in [1.807, 2.05) is 0 Å². The first kappa shape index (κ1) is 16.3. The van der Waals surface area contributed by atoms with Gasteiger partial charge in [-0.25, -0.2) is 4.98 Å². The van der Waals surface area contributed by atoms with Crippen LogP contribution in [-0.2, 0) is 19.5 Å². The molecule has 7 nitrogen and oxygen atoms in total. The summed E-state index contributed by atoms with van der Waals surface area (Å²) >= 11 is 0. The Balaban J connectivity index is 1.61. The van der Waals surface area contributed by atoms with Crippen molar-refractivity contribution in [3.8, 4) is 22.9 Å². The van der Waals surface area contributed by atoms with Gasteiger partial charge in [0, 0.05) is 49.2 Å². The van der Waals surface area contributed by atoms with Gasteiger partial charge in [0.25, 0.3) is 5.56 Å². The monoisotopic (exact) mass is 350 g/mol. The lowest BCUT2D eigenvalue weighted by Crippen LogP contribution is -2.35. The second-order valence-corrected chi connectivity index (χ2v) is 6.39. The number of phenols is 2. The molecule has 0 fully saturated rings. The number of phenolic OH excluding ortho intramolecular Hbond substituents is 2. The Hall–Kier alpha value is -3.19. The van der Waals surface area contributed by atoms with Crippen LogP contribution >= 0.6 is 0 Å². The molecule has 1 aliphatic heterocycles. The lowest BCUT2D eigenvalue weighted by molar-refractivity contribution is 0.240. The fourth-order valence-corrected chi connectivity index (χ4v) is 3.28. The highest BCUT2D eigenvalue weighted by molar-refractivity contribution is 5.54. The number of nitrogens with zero attached hydrogens (tertiary/aromatic N) is 3. The number of H-pyrrole nitrogens is 1. The number of pyridine rings is 1. The van der Waals surface area contributed by atoms with Crippen molar-refractivity contribution < 1.29 is 10.2 Å². The lowest BCUT2D eigenvalue weighted by Gasteiger charge is -2.27. The minimum absolute atomic E-state index is 0.0342. The molecule has 26 heavy (non-hydrogen) atoms. The van der Waals surface area contributed by atoms with Crippen molar-refractivity contribution in [1.29, 1.82) is 0 Å². The second-order valence-electron chi connectivity index (χ2n) is 6.39. The molecule has 0 spiro atoms. The van der Waals surface area contributed by atoms with E-state index in [1.54, 1.807) is 36.7 Å². The van der Waals surface area contributed by atoms with Gasteiger partial charge in [-0.3, -0.25) is 14.7 Å². The van der Waals surface area contributed by atoms with E-state index in [9.17, 15) is 15.0 Å². The molecule has 1 aliphatic rings. The molecule has 0 saturated carbocycles. The predicted octanol–water partition coefficient (Wildman–Crippen LogP) is 1.80. The Labute approximate surface area is 149 Å². The zero-order valence-corrected chi connectivity index (χ0v) is 14.0. The smallest absolute Gasteiger partial charge is 0.254 e. The van der Waals surface area contributed by atoms with Gasteiger partial charge in [-0.2, -0.15) is 0 Å². The van der Waals surface area contributed by atoms with E-state index in [0.717, 1.165) is 22.4 Å². The van der Waals surface area contributed by atoms with Gasteiger partial charge in [-0.1, -0.05) is 0 Å². The highest BCUT2D eigenvalue weighted by Gasteiger charge is 2.21. The lowest BCUT2D eigenvalue weighted by atomic mass is 10.0. The SMILES string of the molecule is O=c1[nH]c(-c2ccncc2)nc2c1CCN(Cc1cc(O)cc(O)c1)C2. The molecule has 0 atom stereocenters. The normalized spacial score (nSPS) is 14.2. The largest absolute Gasteiger partial charge is 0.508 e. The number of rotatable bonds is 3. The van der Waals surface area contributed by atoms with E-state index >= 15 is 0 Å². The third kappa shape index (κ3) is 3.29. The molecule has 4 rings (SSSR count). The van der Waals surface area contributed by atoms with Gasteiger partial charge in [0.1, 0.15) is 17.3 Å². The molecular weight excluding hydrogens is 332 g/mol. The van der Waals surface area contributed by atoms with E-state index in [2.05, 4.69) is 19.9 Å². The number of aromatic amines is 1. The minimum atomic E-state index is -0.100. The summed E-state index contributed by atoms with van der Waals surface area (Å²) in [4.78, 5) is 26.0. The molecule has 2 aromatic heterocycles. The maximum absolute atomic E-state index is 12.4. The number of hydrogen-bond acceptors (Lipinski definition) is 6. The summed E-state index contributed by atoms with van der Waals surface area (Å²) in [5.41, 5.74) is 3.01. The van der Waals surface area contributed by atoms with Crippen molar-refractivity contribution in [2.24, 2.45) is 0 Å². The topological polar surface area (TPSA) is 102 Å². The predicted molar refractivity (Wildman–Crippen MR) is 95.7 cm³/mol. The van der Waals surface area contributed by atoms with Crippen LogP contribution in [0.25, 0.3) is 11.4 Å². The third-order valence-corrected chi connectivity index (χ3v) is 4.47. The van der Waals surface area contributed by atoms with Crippen LogP contribution in [0.5, 0.6) is 11.5 Å². The van der Waals surface area contributed by atoms with Crippen LogP contribution in [0.1, 0.15) is 16.8 Å². The summed E-state index contributed by atoms with van der Waals surface area (Å²) in [5, 5.41) is 19.3. The van der Waals surface area contributed by atoms with Gasteiger partial charge in [-0.05, 0) is 36.2 Å². The standard InChI is InChI=1S/C19H18N4O3/c24-14-7-12(8-15(25)9-14)10-23-6-3-16-17(11-23)21-18(22-19(16)26)13-1-4-20-5-2-13/h1-2,4-5,7-9,24-25H,3,6,10-11H2,(H,21,22,26). The van der Waals surface area contributed by atoms with Crippen molar-refractivity contribution >= 4 is 0 Å². The molecule has 1 aromatic carbocycles. The van der Waals surface area contributed by atoms with Crippen LogP contribution in [0.3, 0.4) is 0 Å². The number of benzene rings is 1. The van der Waals surface area contributed by atoms with Gasteiger partial charge in [0.05, 0.1) is 5.69 Å². The molecule has 0 unspecified atom stereocenters. The molecule has 7 heteroatoms. The summed E-state index contributed by atoms with van der Waals surface area (Å²) in [6.45, 7) is 1.80. The Kier molecular flexibility index (Phi) is 4.14. The Morgan fingerprint density at radius 2 is 1.85 bits per heavy atom. The molecular formula is C19H18N4O3. The van der Waals surface area contributed by atoms with Gasteiger partial charge in [0.15, 0.2) is 0 Å². The second kappa shape index (κ2) is 6.61.